The second kappa shape index (κ2) is 8.66. The van der Waals surface area contributed by atoms with Gasteiger partial charge in [0.05, 0.1) is 26.2 Å². The number of hydrogen-bond acceptors (Lipinski definition) is 6. The van der Waals surface area contributed by atoms with Crippen LogP contribution in [0.1, 0.15) is 5.56 Å². The third kappa shape index (κ3) is 4.18. The number of carbonyl (C=O) groups excluding carboxylic acids is 3. The number of benzene rings is 1. The number of hydrogen-bond donors (Lipinski definition) is 1. The van der Waals surface area contributed by atoms with Crippen molar-refractivity contribution in [2.24, 2.45) is 0 Å². The molecule has 1 aromatic rings. The molecule has 0 atom stereocenters. The first kappa shape index (κ1) is 19.0. The molecule has 0 spiro atoms. The van der Waals surface area contributed by atoms with Gasteiger partial charge < -0.3 is 19.7 Å². The molecule has 1 aliphatic heterocycles. The highest BCUT2D eigenvalue weighted by Gasteiger charge is 2.27. The fourth-order valence-corrected chi connectivity index (χ4v) is 2.46. The van der Waals surface area contributed by atoms with Crippen LogP contribution >= 0.6 is 0 Å². The average molecular weight is 356 g/mol. The molecule has 2 rings (SSSR count). The molecule has 1 amide bonds. The zero-order valence-electron chi connectivity index (χ0n) is 14.8. The van der Waals surface area contributed by atoms with Crippen LogP contribution in [0.15, 0.2) is 60.0 Å². The number of allylic oxidation sites excluding steroid dienone is 2. The van der Waals surface area contributed by atoms with E-state index in [9.17, 15) is 14.4 Å². The molecule has 0 fully saturated rings. The summed E-state index contributed by atoms with van der Waals surface area (Å²) in [6, 6.07) is 7.11. The smallest absolute Gasteiger partial charge is 0.355 e. The molecule has 136 valence electrons. The minimum absolute atomic E-state index is 0.0291. The number of likely N-dealkylation sites (N-methyl/N-ethyl adjacent to an activating group) is 1. The van der Waals surface area contributed by atoms with Gasteiger partial charge in [-0.05, 0) is 29.8 Å². The number of nitrogens with zero attached hydrogens (tertiary/aromatic N) is 1. The summed E-state index contributed by atoms with van der Waals surface area (Å²) in [5.74, 6) is -1.47. The molecule has 1 aromatic carbocycles. The summed E-state index contributed by atoms with van der Waals surface area (Å²) in [7, 11) is 4.05. The number of nitrogens with one attached hydrogen (secondary N) is 1. The van der Waals surface area contributed by atoms with Crippen LogP contribution in [0.3, 0.4) is 0 Å². The number of amides is 1. The lowest BCUT2D eigenvalue weighted by molar-refractivity contribution is -0.139. The van der Waals surface area contributed by atoms with Crippen LogP contribution < -0.4 is 10.2 Å². The largest absolute Gasteiger partial charge is 0.465 e. The lowest BCUT2D eigenvalue weighted by Crippen LogP contribution is -2.27. The van der Waals surface area contributed by atoms with Gasteiger partial charge in [0.2, 0.25) is 5.91 Å². The minimum atomic E-state index is -0.682. The number of methoxy groups -OCH3 is 2. The van der Waals surface area contributed by atoms with Gasteiger partial charge in [-0.3, -0.25) is 4.79 Å². The SMILES string of the molecule is CNC(=O)Cc1cccc(N2C=CC=CC(C(=O)OC)=C2C(=O)OC)c1. The predicted octanol–water partition coefficient (Wildman–Crippen LogP) is 1.47. The van der Waals surface area contributed by atoms with Crippen LogP contribution in [-0.2, 0) is 30.3 Å². The third-order valence-corrected chi connectivity index (χ3v) is 3.72. The molecular formula is C19H20N2O5. The van der Waals surface area contributed by atoms with Crippen molar-refractivity contribution in [3.63, 3.8) is 0 Å². The first-order chi connectivity index (χ1) is 12.5. The van der Waals surface area contributed by atoms with Crippen LogP contribution in [0, 0.1) is 0 Å². The summed E-state index contributed by atoms with van der Waals surface area (Å²) in [4.78, 5) is 37.7. The number of esters is 2. The van der Waals surface area contributed by atoms with E-state index in [-0.39, 0.29) is 23.6 Å². The van der Waals surface area contributed by atoms with E-state index in [0.717, 1.165) is 5.56 Å². The molecule has 1 heterocycles. The molecular weight excluding hydrogens is 336 g/mol. The molecule has 0 unspecified atom stereocenters. The maximum atomic E-state index is 12.4. The Morgan fingerprint density at radius 1 is 1.08 bits per heavy atom. The number of ether oxygens (including phenoxy) is 2. The van der Waals surface area contributed by atoms with Crippen molar-refractivity contribution < 1.29 is 23.9 Å². The quantitative estimate of drug-likeness (QED) is 0.804. The first-order valence-electron chi connectivity index (χ1n) is 7.86. The normalized spacial score (nSPS) is 13.3. The number of anilines is 1. The Balaban J connectivity index is 2.55. The highest BCUT2D eigenvalue weighted by atomic mass is 16.5. The van der Waals surface area contributed by atoms with Gasteiger partial charge in [-0.2, -0.15) is 0 Å². The van der Waals surface area contributed by atoms with Crippen molar-refractivity contribution in [2.75, 3.05) is 26.2 Å². The maximum Gasteiger partial charge on any atom is 0.355 e. The highest BCUT2D eigenvalue weighted by molar-refractivity contribution is 6.05. The van der Waals surface area contributed by atoms with E-state index >= 15 is 0 Å². The monoisotopic (exact) mass is 356 g/mol. The Morgan fingerprint density at radius 3 is 2.46 bits per heavy atom. The highest BCUT2D eigenvalue weighted by Crippen LogP contribution is 2.27. The van der Waals surface area contributed by atoms with Crippen molar-refractivity contribution in [1.29, 1.82) is 0 Å². The van der Waals surface area contributed by atoms with Gasteiger partial charge in [0.15, 0.2) is 0 Å². The first-order valence-corrected chi connectivity index (χ1v) is 7.86. The van der Waals surface area contributed by atoms with Gasteiger partial charge >= 0.3 is 11.9 Å². The van der Waals surface area contributed by atoms with Crippen LogP contribution in [-0.4, -0.2) is 39.1 Å². The molecule has 0 radical (unpaired) electrons. The van der Waals surface area contributed by atoms with E-state index in [2.05, 4.69) is 5.32 Å². The van der Waals surface area contributed by atoms with Gasteiger partial charge in [-0.25, -0.2) is 9.59 Å². The third-order valence-electron chi connectivity index (χ3n) is 3.72. The van der Waals surface area contributed by atoms with Crippen molar-refractivity contribution in [3.05, 3.63) is 65.5 Å². The zero-order chi connectivity index (χ0) is 19.1. The predicted molar refractivity (Wildman–Crippen MR) is 96.0 cm³/mol. The standard InChI is InChI=1S/C19H20N2O5/c1-20-16(22)12-13-7-6-8-14(11-13)21-10-5-4-9-15(18(23)25-2)17(21)19(24)26-3/h4-11H,12H2,1-3H3,(H,20,22). The zero-order valence-corrected chi connectivity index (χ0v) is 14.8. The summed E-state index contributed by atoms with van der Waals surface area (Å²) >= 11 is 0. The summed E-state index contributed by atoms with van der Waals surface area (Å²) in [6.45, 7) is 0. The van der Waals surface area contributed by atoms with Crippen molar-refractivity contribution >= 4 is 23.5 Å². The summed E-state index contributed by atoms with van der Waals surface area (Å²) < 4.78 is 9.64. The molecule has 1 N–H and O–H groups in total. The van der Waals surface area contributed by atoms with E-state index in [1.165, 1.54) is 25.2 Å². The Kier molecular flexibility index (Phi) is 6.32. The topological polar surface area (TPSA) is 84.9 Å². The molecule has 26 heavy (non-hydrogen) atoms. The molecule has 1 aliphatic rings. The Morgan fingerprint density at radius 2 is 1.81 bits per heavy atom. The second-order valence-electron chi connectivity index (χ2n) is 5.34. The van der Waals surface area contributed by atoms with Gasteiger partial charge in [-0.15, -0.1) is 0 Å². The van der Waals surface area contributed by atoms with Gasteiger partial charge in [0, 0.05) is 18.9 Å². The Bertz CT molecular complexity index is 808. The Hall–Kier alpha value is -3.35. The molecule has 0 saturated carbocycles. The van der Waals surface area contributed by atoms with Gasteiger partial charge in [-0.1, -0.05) is 18.2 Å². The lowest BCUT2D eigenvalue weighted by Gasteiger charge is -2.23. The summed E-state index contributed by atoms with van der Waals surface area (Å²) in [5.41, 5.74) is 1.46. The Labute approximate surface area is 151 Å². The van der Waals surface area contributed by atoms with E-state index in [4.69, 9.17) is 9.47 Å². The average Bonchev–Trinajstić information content (AvgIpc) is 2.89. The van der Waals surface area contributed by atoms with E-state index < -0.39 is 11.9 Å². The molecule has 7 heteroatoms. The second-order valence-corrected chi connectivity index (χ2v) is 5.34. The van der Waals surface area contributed by atoms with E-state index in [1.54, 1.807) is 49.7 Å². The molecule has 0 bridgehead atoms. The maximum absolute atomic E-state index is 12.4. The van der Waals surface area contributed by atoms with Crippen LogP contribution in [0.5, 0.6) is 0 Å². The summed E-state index contributed by atoms with van der Waals surface area (Å²) in [5, 5.41) is 2.57. The van der Waals surface area contributed by atoms with Crippen molar-refractivity contribution in [3.8, 4) is 0 Å². The molecule has 0 aromatic heterocycles. The number of rotatable bonds is 5. The molecule has 0 saturated heterocycles. The fourth-order valence-electron chi connectivity index (χ4n) is 2.46. The number of carbonyl (C=O) groups is 3. The molecule has 0 aliphatic carbocycles. The van der Waals surface area contributed by atoms with Crippen LogP contribution in [0.4, 0.5) is 5.69 Å². The van der Waals surface area contributed by atoms with Crippen LogP contribution in [0.2, 0.25) is 0 Å². The molecule has 7 nitrogen and oxygen atoms in total. The van der Waals surface area contributed by atoms with Gasteiger partial charge in [0.1, 0.15) is 5.70 Å². The minimum Gasteiger partial charge on any atom is -0.465 e. The van der Waals surface area contributed by atoms with E-state index in [1.807, 2.05) is 0 Å². The van der Waals surface area contributed by atoms with Gasteiger partial charge in [0.25, 0.3) is 0 Å². The summed E-state index contributed by atoms with van der Waals surface area (Å²) in [6.07, 6.45) is 6.63. The fraction of sp³-hybridized carbons (Fsp3) is 0.211. The van der Waals surface area contributed by atoms with Crippen LogP contribution in [0.25, 0.3) is 0 Å². The van der Waals surface area contributed by atoms with Crippen molar-refractivity contribution in [1.82, 2.24) is 5.32 Å². The lowest BCUT2D eigenvalue weighted by atomic mass is 10.1. The van der Waals surface area contributed by atoms with E-state index in [0.29, 0.717) is 5.69 Å². The van der Waals surface area contributed by atoms with Crippen molar-refractivity contribution in [2.45, 2.75) is 6.42 Å².